The molecule has 2 aromatic carbocycles. The molecule has 1 N–H and O–H groups in total. The Morgan fingerprint density at radius 2 is 1.41 bits per heavy atom. The van der Waals surface area contributed by atoms with Gasteiger partial charge in [-0.25, -0.2) is 4.79 Å². The van der Waals surface area contributed by atoms with Gasteiger partial charge in [0.25, 0.3) is 0 Å². The van der Waals surface area contributed by atoms with E-state index in [4.69, 9.17) is 5.11 Å². The largest absolute Gasteiger partial charge is 0.475 e. The molecule has 0 aliphatic heterocycles. The molecule has 112 valence electrons. The number of ketones is 2. The summed E-state index contributed by atoms with van der Waals surface area (Å²) >= 11 is 1.66. The number of hydrogen-bond donors (Lipinski definition) is 1. The Labute approximate surface area is 132 Å². The minimum absolute atomic E-state index is 0.332. The van der Waals surface area contributed by atoms with Gasteiger partial charge in [-0.15, -0.1) is 11.8 Å². The highest BCUT2D eigenvalue weighted by molar-refractivity contribution is 7.98. The highest BCUT2D eigenvalue weighted by Gasteiger charge is 2.17. The van der Waals surface area contributed by atoms with Gasteiger partial charge in [0.1, 0.15) is 0 Å². The minimum Gasteiger partial charge on any atom is -0.475 e. The topological polar surface area (TPSA) is 71.4 Å². The standard InChI is InChI=1S/C17H14O4S/c1-22-14-8-6-12(7-9-14)11-2-4-13(5-3-11)15(18)10-16(19)17(20)21/h2-9H,10H2,1H3,(H,20,21). The third kappa shape index (κ3) is 3.83. The first-order valence-electron chi connectivity index (χ1n) is 6.55. The van der Waals surface area contributed by atoms with Crippen LogP contribution in [0.2, 0.25) is 0 Å². The molecule has 4 nitrogen and oxygen atoms in total. The SMILES string of the molecule is CSc1ccc(-c2ccc(C(=O)CC(=O)C(=O)O)cc2)cc1. The van der Waals surface area contributed by atoms with Crippen molar-refractivity contribution in [3.63, 3.8) is 0 Å². The normalized spacial score (nSPS) is 10.2. The van der Waals surface area contributed by atoms with Crippen molar-refractivity contribution in [2.75, 3.05) is 6.26 Å². The molecule has 22 heavy (non-hydrogen) atoms. The van der Waals surface area contributed by atoms with Gasteiger partial charge >= 0.3 is 5.97 Å². The number of Topliss-reactive ketones (excluding diaryl/α,β-unsaturated/α-hetero) is 2. The zero-order valence-corrected chi connectivity index (χ0v) is 12.7. The lowest BCUT2D eigenvalue weighted by atomic mass is 10.0. The number of aliphatic carboxylic acids is 1. The van der Waals surface area contributed by atoms with E-state index in [0.717, 1.165) is 11.1 Å². The summed E-state index contributed by atoms with van der Waals surface area (Å²) in [5.74, 6) is -3.17. The number of carboxylic acids is 1. The molecule has 0 saturated carbocycles. The lowest BCUT2D eigenvalue weighted by Gasteiger charge is -2.04. The summed E-state index contributed by atoms with van der Waals surface area (Å²) in [5.41, 5.74) is 2.31. The van der Waals surface area contributed by atoms with Crippen LogP contribution >= 0.6 is 11.8 Å². The first-order valence-corrected chi connectivity index (χ1v) is 7.77. The van der Waals surface area contributed by atoms with Gasteiger partial charge in [-0.1, -0.05) is 36.4 Å². The number of benzene rings is 2. The van der Waals surface area contributed by atoms with Crippen molar-refractivity contribution in [2.24, 2.45) is 0 Å². The molecule has 0 atom stereocenters. The molecule has 0 aromatic heterocycles. The first kappa shape index (κ1) is 16.0. The Bertz CT molecular complexity index is 702. The average molecular weight is 314 g/mol. The van der Waals surface area contributed by atoms with Gasteiger partial charge in [0, 0.05) is 10.5 Å². The number of carbonyl (C=O) groups is 3. The quantitative estimate of drug-likeness (QED) is 0.383. The number of thioether (sulfide) groups is 1. The van der Waals surface area contributed by atoms with Gasteiger partial charge in [0.15, 0.2) is 5.78 Å². The third-order valence-corrected chi connectivity index (χ3v) is 3.93. The number of hydrogen-bond acceptors (Lipinski definition) is 4. The molecule has 0 aliphatic rings. The van der Waals surface area contributed by atoms with Gasteiger partial charge in [0.2, 0.25) is 5.78 Å². The lowest BCUT2D eigenvalue weighted by molar-refractivity contribution is -0.148. The molecular formula is C17H14O4S. The van der Waals surface area contributed by atoms with Crippen LogP contribution in [-0.4, -0.2) is 28.9 Å². The van der Waals surface area contributed by atoms with E-state index in [1.165, 1.54) is 4.90 Å². The molecule has 0 aliphatic carbocycles. The molecule has 0 fully saturated rings. The Kier molecular flexibility index (Phi) is 5.12. The third-order valence-electron chi connectivity index (χ3n) is 3.19. The summed E-state index contributed by atoms with van der Waals surface area (Å²) in [4.78, 5) is 34.5. The molecule has 0 radical (unpaired) electrons. The second-order valence-corrected chi connectivity index (χ2v) is 5.51. The molecule has 0 spiro atoms. The maximum atomic E-state index is 11.8. The van der Waals surface area contributed by atoms with Crippen LogP contribution in [0.3, 0.4) is 0 Å². The number of carbonyl (C=O) groups excluding carboxylic acids is 2. The van der Waals surface area contributed by atoms with Crippen molar-refractivity contribution >= 4 is 29.3 Å². The van der Waals surface area contributed by atoms with Crippen molar-refractivity contribution in [3.8, 4) is 11.1 Å². The monoisotopic (exact) mass is 314 g/mol. The minimum atomic E-state index is -1.58. The van der Waals surface area contributed by atoms with Gasteiger partial charge in [-0.05, 0) is 29.5 Å². The van der Waals surface area contributed by atoms with Crippen LogP contribution in [0.25, 0.3) is 11.1 Å². The molecular weight excluding hydrogens is 300 g/mol. The molecule has 0 heterocycles. The van der Waals surface area contributed by atoms with Crippen LogP contribution in [0.5, 0.6) is 0 Å². The molecule has 2 aromatic rings. The van der Waals surface area contributed by atoms with Gasteiger partial charge in [-0.2, -0.15) is 0 Å². The fraction of sp³-hybridized carbons (Fsp3) is 0.118. The van der Waals surface area contributed by atoms with Crippen LogP contribution in [0.4, 0.5) is 0 Å². The van der Waals surface area contributed by atoms with Crippen LogP contribution in [0.15, 0.2) is 53.4 Å². The predicted octanol–water partition coefficient (Wildman–Crippen LogP) is 3.30. The molecule has 0 unspecified atom stereocenters. The van der Waals surface area contributed by atoms with Crippen molar-refractivity contribution < 1.29 is 19.5 Å². The summed E-state index contributed by atoms with van der Waals surface area (Å²) in [6.07, 6.45) is 1.39. The van der Waals surface area contributed by atoms with Gasteiger partial charge < -0.3 is 5.11 Å². The average Bonchev–Trinajstić information content (AvgIpc) is 2.55. The van der Waals surface area contributed by atoms with E-state index in [-0.39, 0.29) is 0 Å². The fourth-order valence-electron chi connectivity index (χ4n) is 1.96. The second-order valence-electron chi connectivity index (χ2n) is 4.63. The van der Waals surface area contributed by atoms with Gasteiger partial charge in [0.05, 0.1) is 6.42 Å². The van der Waals surface area contributed by atoms with E-state index < -0.39 is 24.0 Å². The second kappa shape index (κ2) is 7.04. The van der Waals surface area contributed by atoms with E-state index in [1.807, 2.05) is 30.5 Å². The van der Waals surface area contributed by atoms with Crippen LogP contribution in [0, 0.1) is 0 Å². The van der Waals surface area contributed by atoms with Crippen molar-refractivity contribution in [1.82, 2.24) is 0 Å². The Balaban J connectivity index is 2.14. The van der Waals surface area contributed by atoms with Gasteiger partial charge in [-0.3, -0.25) is 9.59 Å². The van der Waals surface area contributed by atoms with E-state index in [1.54, 1.807) is 36.0 Å². The molecule has 5 heteroatoms. The van der Waals surface area contributed by atoms with E-state index in [9.17, 15) is 14.4 Å². The van der Waals surface area contributed by atoms with E-state index in [0.29, 0.717) is 5.56 Å². The maximum absolute atomic E-state index is 11.8. The van der Waals surface area contributed by atoms with Crippen LogP contribution < -0.4 is 0 Å². The Morgan fingerprint density at radius 3 is 1.86 bits per heavy atom. The lowest BCUT2D eigenvalue weighted by Crippen LogP contribution is -2.17. The van der Waals surface area contributed by atoms with Crippen molar-refractivity contribution in [1.29, 1.82) is 0 Å². The molecule has 0 amide bonds. The highest BCUT2D eigenvalue weighted by Crippen LogP contribution is 2.23. The summed E-state index contributed by atoms with van der Waals surface area (Å²) in [6.45, 7) is 0. The summed E-state index contributed by atoms with van der Waals surface area (Å²) in [6, 6.07) is 14.8. The zero-order valence-electron chi connectivity index (χ0n) is 11.9. The number of rotatable bonds is 6. The maximum Gasteiger partial charge on any atom is 0.372 e. The summed E-state index contributed by atoms with van der Waals surface area (Å²) in [7, 11) is 0. The zero-order chi connectivity index (χ0) is 16.1. The Hall–Kier alpha value is -2.40. The smallest absolute Gasteiger partial charge is 0.372 e. The van der Waals surface area contributed by atoms with Crippen molar-refractivity contribution in [2.45, 2.75) is 11.3 Å². The van der Waals surface area contributed by atoms with Crippen molar-refractivity contribution in [3.05, 3.63) is 54.1 Å². The summed E-state index contributed by atoms with van der Waals surface area (Å²) < 4.78 is 0. The summed E-state index contributed by atoms with van der Waals surface area (Å²) in [5, 5.41) is 8.51. The molecule has 0 bridgehead atoms. The predicted molar refractivity (Wildman–Crippen MR) is 85.2 cm³/mol. The number of carboxylic acid groups (broad SMARTS) is 1. The first-order chi connectivity index (χ1) is 10.5. The fourth-order valence-corrected chi connectivity index (χ4v) is 2.36. The van der Waals surface area contributed by atoms with E-state index >= 15 is 0 Å². The van der Waals surface area contributed by atoms with Crippen LogP contribution in [-0.2, 0) is 9.59 Å². The molecule has 2 rings (SSSR count). The van der Waals surface area contributed by atoms with Crippen LogP contribution in [0.1, 0.15) is 16.8 Å². The van der Waals surface area contributed by atoms with E-state index in [2.05, 4.69) is 0 Å². The Morgan fingerprint density at radius 1 is 0.909 bits per heavy atom. The highest BCUT2D eigenvalue weighted by atomic mass is 32.2. The molecule has 0 saturated heterocycles.